The number of hydrogen-bond donors (Lipinski definition) is 3. The van der Waals surface area contributed by atoms with Crippen molar-refractivity contribution in [3.8, 4) is 0 Å². The Morgan fingerprint density at radius 2 is 1.66 bits per heavy atom. The quantitative estimate of drug-likeness (QED) is 0.173. The number of nitrogens with one attached hydrogen (secondary N) is 1. The zero-order chi connectivity index (χ0) is 46.1. The van der Waals surface area contributed by atoms with Crippen molar-refractivity contribution in [2.45, 2.75) is 147 Å². The minimum Gasteiger partial charge on any atom is -0.454 e. The third kappa shape index (κ3) is 7.36. The van der Waals surface area contributed by atoms with Gasteiger partial charge < -0.3 is 53.4 Å². The van der Waals surface area contributed by atoms with Crippen LogP contribution in [0.4, 0.5) is 18.4 Å². The molecular weight excluding hydrogens is 828 g/mol. The van der Waals surface area contributed by atoms with Crippen molar-refractivity contribution in [1.82, 2.24) is 5.32 Å². The number of carbonyl (C=O) groups excluding carboxylic acids is 7. The summed E-state index contributed by atoms with van der Waals surface area (Å²) < 4.78 is 75.9. The molecule has 0 aromatic heterocycles. The number of fused-ring (bicyclic) bond motifs is 4. The Bertz CT molecular complexity index is 2050. The van der Waals surface area contributed by atoms with Crippen LogP contribution in [0.15, 0.2) is 41.5 Å². The Hall–Kier alpha value is -5.21. The van der Waals surface area contributed by atoms with Gasteiger partial charge >= 0.3 is 36.1 Å². The molecule has 2 bridgehead atoms. The Balaban J connectivity index is 1.63. The standard InChI is InChI=1S/C42H51F2NO17/c1-10-23(48)56-28-24-18(2)27(57-35(52)26(49)25(33(43)44)45-36(53)61-38(4,5)6)31-42(39(24,7)8,62-37(54)59-31)32(58-34(51)20-14-12-11-13-15-20)29-40(9,30(28)50)21(47)16-22-41(29,17-55-22)60-19(3)46/h11-15,21-22,25-29,31-33,47,49H,10,16-17H2,1-9H3,(H,45,53)/t21-,22+,25+,26+,27+,28+,29-,31-,32-,40+,41-,42+/m0/s1. The maximum absolute atomic E-state index is 15.6. The van der Waals surface area contributed by atoms with E-state index >= 15 is 4.79 Å². The number of aliphatic hydroxyl groups is 2. The molecule has 2 heterocycles. The number of Topliss-reactive ketones (excluding diaryl/α,β-unsaturated/α-hetero) is 1. The number of alkyl halides is 2. The number of alkyl carbamates (subject to hydrolysis) is 1. The molecule has 4 fully saturated rings. The molecule has 18 nitrogen and oxygen atoms in total. The summed E-state index contributed by atoms with van der Waals surface area (Å²) in [6, 6.07) is 4.84. The fourth-order valence-corrected chi connectivity index (χ4v) is 9.89. The molecular formula is C42H51F2NO17. The van der Waals surface area contributed by atoms with E-state index in [4.69, 9.17) is 37.9 Å². The van der Waals surface area contributed by atoms with E-state index in [1.165, 1.54) is 79.7 Å². The second-order valence-electron chi connectivity index (χ2n) is 17.9. The van der Waals surface area contributed by atoms with Crippen LogP contribution in [0.5, 0.6) is 0 Å². The Kier molecular flexibility index (Phi) is 12.1. The second-order valence-corrected chi connectivity index (χ2v) is 17.9. The van der Waals surface area contributed by atoms with Crippen LogP contribution in [0.3, 0.4) is 0 Å². The number of carbonyl (C=O) groups is 7. The van der Waals surface area contributed by atoms with Crippen molar-refractivity contribution in [3.63, 3.8) is 0 Å². The highest BCUT2D eigenvalue weighted by Crippen LogP contribution is 2.67. The van der Waals surface area contributed by atoms with Crippen molar-refractivity contribution in [3.05, 3.63) is 47.0 Å². The van der Waals surface area contributed by atoms with E-state index in [1.54, 1.807) is 11.4 Å². The first-order valence-corrected chi connectivity index (χ1v) is 20.0. The Labute approximate surface area is 354 Å². The van der Waals surface area contributed by atoms with E-state index < -0.39 is 137 Å². The minimum absolute atomic E-state index is 0.0444. The van der Waals surface area contributed by atoms with Gasteiger partial charge in [-0.25, -0.2) is 28.0 Å². The summed E-state index contributed by atoms with van der Waals surface area (Å²) in [4.78, 5) is 96.7. The summed E-state index contributed by atoms with van der Waals surface area (Å²) in [6.45, 7) is 11.9. The van der Waals surface area contributed by atoms with Gasteiger partial charge in [0.15, 0.2) is 41.9 Å². The number of benzene rings is 1. The van der Waals surface area contributed by atoms with Crippen LogP contribution < -0.4 is 5.32 Å². The highest BCUT2D eigenvalue weighted by atomic mass is 19.3. The topological polar surface area (TPSA) is 246 Å². The molecule has 5 aliphatic rings. The molecule has 2 saturated carbocycles. The van der Waals surface area contributed by atoms with Crippen molar-refractivity contribution in [2.75, 3.05) is 6.61 Å². The lowest BCUT2D eigenvalue weighted by molar-refractivity contribution is -0.345. The van der Waals surface area contributed by atoms with E-state index in [-0.39, 0.29) is 29.6 Å². The van der Waals surface area contributed by atoms with Gasteiger partial charge in [0.1, 0.15) is 17.7 Å². The zero-order valence-corrected chi connectivity index (χ0v) is 35.6. The SMILES string of the molecule is CCC(=O)O[C@H]1C(=O)[C@@]2(C)[C@H]([C@H](OC(=O)c3ccccc3)[C@]34OC(=O)O[C@H]3[C@H](OC(=O)[C@H](O)[C@@H](NC(=O)OC(C)(C)C)C(F)F)C(C)=C1C4(C)C)[C@]1(OC(C)=O)CO[C@@H]1C[C@@H]2O. The third-order valence-corrected chi connectivity index (χ3v) is 12.7. The van der Waals surface area contributed by atoms with Crippen molar-refractivity contribution in [2.24, 2.45) is 16.7 Å². The smallest absolute Gasteiger partial charge is 0.454 e. The maximum Gasteiger partial charge on any atom is 0.509 e. The molecule has 1 aromatic rings. The number of ether oxygens (including phenoxy) is 8. The first kappa shape index (κ1) is 46.3. The molecule has 6 rings (SSSR count). The van der Waals surface area contributed by atoms with Crippen LogP contribution in [0.25, 0.3) is 0 Å². The molecule has 1 spiro atoms. The molecule has 12 atom stereocenters. The maximum atomic E-state index is 15.6. The lowest BCUT2D eigenvalue weighted by Crippen LogP contribution is -2.83. The number of esters is 4. The molecule has 1 amide bonds. The van der Waals surface area contributed by atoms with Crippen LogP contribution in [0.1, 0.15) is 85.5 Å². The van der Waals surface area contributed by atoms with E-state index in [2.05, 4.69) is 0 Å². The van der Waals surface area contributed by atoms with Crippen LogP contribution >= 0.6 is 0 Å². The number of aliphatic hydroxyl groups excluding tert-OH is 2. The molecule has 1 aromatic carbocycles. The molecule has 340 valence electrons. The van der Waals surface area contributed by atoms with E-state index in [0.717, 1.165) is 6.92 Å². The molecule has 2 saturated heterocycles. The van der Waals surface area contributed by atoms with Crippen LogP contribution in [0.2, 0.25) is 0 Å². The largest absolute Gasteiger partial charge is 0.509 e. The van der Waals surface area contributed by atoms with Crippen LogP contribution in [-0.2, 0) is 57.1 Å². The summed E-state index contributed by atoms with van der Waals surface area (Å²) in [6.07, 6.45) is -20.6. The monoisotopic (exact) mass is 879 g/mol. The van der Waals surface area contributed by atoms with Crippen molar-refractivity contribution < 1.29 is 90.5 Å². The Morgan fingerprint density at radius 3 is 2.21 bits per heavy atom. The number of ketones is 1. The molecule has 3 N–H and O–H groups in total. The number of amides is 1. The van der Waals surface area contributed by atoms with Gasteiger partial charge in [-0.15, -0.1) is 0 Å². The average Bonchev–Trinajstić information content (AvgIpc) is 3.55. The van der Waals surface area contributed by atoms with Gasteiger partial charge in [0.2, 0.25) is 5.60 Å². The summed E-state index contributed by atoms with van der Waals surface area (Å²) in [5.41, 5.74) is -10.1. The summed E-state index contributed by atoms with van der Waals surface area (Å²) in [5, 5.41) is 25.0. The van der Waals surface area contributed by atoms with Gasteiger partial charge in [-0.3, -0.25) is 14.4 Å². The van der Waals surface area contributed by atoms with E-state index in [1.807, 2.05) is 0 Å². The highest BCUT2D eigenvalue weighted by molar-refractivity contribution is 5.96. The third-order valence-electron chi connectivity index (χ3n) is 12.7. The lowest BCUT2D eigenvalue weighted by Gasteiger charge is -2.67. The lowest BCUT2D eigenvalue weighted by atomic mass is 9.44. The molecule has 62 heavy (non-hydrogen) atoms. The van der Waals surface area contributed by atoms with Gasteiger partial charge in [-0.05, 0) is 57.9 Å². The number of rotatable bonds is 10. The van der Waals surface area contributed by atoms with E-state index in [0.29, 0.717) is 0 Å². The first-order chi connectivity index (χ1) is 28.8. The van der Waals surface area contributed by atoms with Crippen molar-refractivity contribution in [1.29, 1.82) is 0 Å². The summed E-state index contributed by atoms with van der Waals surface area (Å²) >= 11 is 0. The van der Waals surface area contributed by atoms with Crippen molar-refractivity contribution >= 4 is 41.9 Å². The summed E-state index contributed by atoms with van der Waals surface area (Å²) in [7, 11) is 0. The molecule has 2 aliphatic heterocycles. The fourth-order valence-electron chi connectivity index (χ4n) is 9.89. The van der Waals surface area contributed by atoms with Gasteiger partial charge in [0.25, 0.3) is 6.43 Å². The molecule has 0 unspecified atom stereocenters. The molecule has 20 heteroatoms. The predicted octanol–water partition coefficient (Wildman–Crippen LogP) is 3.27. The van der Waals surface area contributed by atoms with Crippen LogP contribution in [-0.4, -0.2) is 131 Å². The average molecular weight is 880 g/mol. The first-order valence-electron chi connectivity index (χ1n) is 20.0. The summed E-state index contributed by atoms with van der Waals surface area (Å²) in [5.74, 6) is -7.38. The molecule has 3 aliphatic carbocycles. The minimum atomic E-state index is -3.58. The van der Waals surface area contributed by atoms with Gasteiger partial charge in [-0.2, -0.15) is 0 Å². The van der Waals surface area contributed by atoms with E-state index in [9.17, 15) is 47.8 Å². The normalized spacial score (nSPS) is 34.2. The number of hydrogen-bond acceptors (Lipinski definition) is 17. The number of halogens is 2. The van der Waals surface area contributed by atoms with Gasteiger partial charge in [-0.1, -0.05) is 39.0 Å². The molecule has 0 radical (unpaired) electrons. The van der Waals surface area contributed by atoms with Gasteiger partial charge in [0, 0.05) is 25.2 Å². The van der Waals surface area contributed by atoms with Gasteiger partial charge in [0.05, 0.1) is 29.6 Å². The highest BCUT2D eigenvalue weighted by Gasteiger charge is 2.83. The predicted molar refractivity (Wildman–Crippen MR) is 203 cm³/mol. The zero-order valence-electron chi connectivity index (χ0n) is 35.6. The fraction of sp³-hybridized carbons (Fsp3) is 0.643. The van der Waals surface area contributed by atoms with Crippen LogP contribution in [0, 0.1) is 16.7 Å². The Morgan fingerprint density at radius 1 is 1.02 bits per heavy atom. The second kappa shape index (κ2) is 16.2.